The van der Waals surface area contributed by atoms with Crippen molar-refractivity contribution >= 4 is 46.0 Å². The quantitative estimate of drug-likeness (QED) is 0.482. The maximum atomic E-state index is 13.3. The monoisotopic (exact) mass is 347 g/mol. The van der Waals surface area contributed by atoms with Gasteiger partial charge in [0.1, 0.15) is 10.8 Å². The Bertz CT molecular complexity index is 851. The first-order valence-electron chi connectivity index (χ1n) is 6.51. The van der Waals surface area contributed by atoms with E-state index in [1.807, 2.05) is 0 Å². The van der Waals surface area contributed by atoms with E-state index in [1.54, 1.807) is 18.2 Å². The number of benzene rings is 2. The molecular weight excluding hydrogens is 337 g/mol. The second kappa shape index (κ2) is 6.02. The van der Waals surface area contributed by atoms with Gasteiger partial charge in [0.15, 0.2) is 11.5 Å². The summed E-state index contributed by atoms with van der Waals surface area (Å²) < 4.78 is 13.3. The van der Waals surface area contributed by atoms with Crippen molar-refractivity contribution in [3.63, 3.8) is 0 Å². The molecule has 3 rings (SSSR count). The topological polar surface area (TPSA) is 60.8 Å². The number of hydrogen-bond acceptors (Lipinski definition) is 5. The van der Waals surface area contributed by atoms with Crippen molar-refractivity contribution in [2.24, 2.45) is 0 Å². The third-order valence-corrected chi connectivity index (χ3v) is 4.58. The van der Waals surface area contributed by atoms with E-state index >= 15 is 0 Å². The summed E-state index contributed by atoms with van der Waals surface area (Å²) in [6, 6.07) is 9.92. The molecule has 1 heterocycles. The molecule has 0 bridgehead atoms. The summed E-state index contributed by atoms with van der Waals surface area (Å²) in [7, 11) is 0. The molecule has 0 aromatic heterocycles. The first-order valence-corrected chi connectivity index (χ1v) is 7.74. The summed E-state index contributed by atoms with van der Waals surface area (Å²) >= 11 is 6.23. The Labute approximate surface area is 140 Å². The van der Waals surface area contributed by atoms with Crippen molar-refractivity contribution in [1.29, 1.82) is 0 Å². The Kier molecular flexibility index (Phi) is 4.06. The number of anilines is 1. The van der Waals surface area contributed by atoms with Gasteiger partial charge in [-0.3, -0.25) is 9.69 Å². The molecule has 116 valence electrons. The summed E-state index contributed by atoms with van der Waals surface area (Å²) in [5, 5.41) is 18.5. The molecule has 0 saturated carbocycles. The number of thiocarbonyl (C=S) groups is 1. The molecule has 1 saturated heterocycles. The van der Waals surface area contributed by atoms with Gasteiger partial charge in [0.2, 0.25) is 0 Å². The van der Waals surface area contributed by atoms with E-state index in [-0.39, 0.29) is 21.7 Å². The number of phenolic OH excluding ortho intramolecular Hbond substituents is 2. The zero-order chi connectivity index (χ0) is 16.6. The van der Waals surface area contributed by atoms with E-state index in [1.165, 1.54) is 35.2 Å². The van der Waals surface area contributed by atoms with Crippen LogP contribution in [-0.4, -0.2) is 20.4 Å². The van der Waals surface area contributed by atoms with Gasteiger partial charge >= 0.3 is 0 Å². The lowest BCUT2D eigenvalue weighted by atomic mass is 10.2. The van der Waals surface area contributed by atoms with Gasteiger partial charge in [-0.2, -0.15) is 0 Å². The van der Waals surface area contributed by atoms with Crippen molar-refractivity contribution in [1.82, 2.24) is 0 Å². The van der Waals surface area contributed by atoms with Crippen LogP contribution in [0.5, 0.6) is 11.5 Å². The van der Waals surface area contributed by atoms with E-state index in [2.05, 4.69) is 0 Å². The predicted molar refractivity (Wildman–Crippen MR) is 92.2 cm³/mol. The highest BCUT2D eigenvalue weighted by Crippen LogP contribution is 2.37. The third-order valence-electron chi connectivity index (χ3n) is 3.16. The molecule has 0 atom stereocenters. The zero-order valence-electron chi connectivity index (χ0n) is 11.6. The van der Waals surface area contributed by atoms with Crippen LogP contribution in [0.4, 0.5) is 14.9 Å². The lowest BCUT2D eigenvalue weighted by molar-refractivity contribution is 0.268. The summed E-state index contributed by atoms with van der Waals surface area (Å²) in [6.07, 6.45) is 1.63. The molecule has 0 aliphatic carbocycles. The molecule has 1 amide bonds. The number of rotatable bonds is 2. The molecule has 4 nitrogen and oxygen atoms in total. The molecule has 1 fully saturated rings. The second-order valence-electron chi connectivity index (χ2n) is 4.75. The maximum absolute atomic E-state index is 13.3. The lowest BCUT2D eigenvalue weighted by Crippen LogP contribution is -2.26. The maximum Gasteiger partial charge on any atom is 0.296 e. The summed E-state index contributed by atoms with van der Waals surface area (Å²) in [4.78, 5) is 14.2. The van der Waals surface area contributed by atoms with Crippen LogP contribution in [0, 0.1) is 5.82 Å². The van der Waals surface area contributed by atoms with Crippen LogP contribution < -0.4 is 4.90 Å². The molecule has 1 aliphatic rings. The molecule has 2 aromatic carbocycles. The van der Waals surface area contributed by atoms with Gasteiger partial charge in [-0.1, -0.05) is 24.4 Å². The fourth-order valence-corrected chi connectivity index (χ4v) is 3.37. The Hall–Kier alpha value is -2.38. The minimum atomic E-state index is -0.455. The van der Waals surface area contributed by atoms with E-state index in [0.717, 1.165) is 11.8 Å². The van der Waals surface area contributed by atoms with Crippen LogP contribution in [0.3, 0.4) is 0 Å². The minimum absolute atomic E-state index is 0.230. The zero-order valence-corrected chi connectivity index (χ0v) is 13.2. The Morgan fingerprint density at radius 2 is 1.91 bits per heavy atom. The summed E-state index contributed by atoms with van der Waals surface area (Å²) in [5.41, 5.74) is 0.948. The number of thioether (sulfide) groups is 1. The molecule has 23 heavy (non-hydrogen) atoms. The predicted octanol–water partition coefficient (Wildman–Crippen LogP) is 4.28. The van der Waals surface area contributed by atoms with Crippen LogP contribution in [0.1, 0.15) is 5.56 Å². The van der Waals surface area contributed by atoms with E-state index < -0.39 is 5.82 Å². The fourth-order valence-electron chi connectivity index (χ4n) is 2.09. The number of amides is 1. The molecule has 0 radical (unpaired) electrons. The van der Waals surface area contributed by atoms with Crippen LogP contribution in [0.2, 0.25) is 0 Å². The smallest absolute Gasteiger partial charge is 0.296 e. The number of carbonyl (C=O) groups is 1. The normalized spacial score (nSPS) is 16.4. The number of halogens is 1. The van der Waals surface area contributed by atoms with Gasteiger partial charge in [0.05, 0.1) is 10.6 Å². The van der Waals surface area contributed by atoms with E-state index in [0.29, 0.717) is 16.2 Å². The third kappa shape index (κ3) is 3.06. The standard InChI is InChI=1S/C16H10FNO3S2/c17-10-2-1-3-11(8-10)18-15(22)14(23-16(18)21)7-9-4-5-12(19)13(20)6-9/h1-8,19-20H/b14-7-. The van der Waals surface area contributed by atoms with Gasteiger partial charge in [0.25, 0.3) is 5.24 Å². The summed E-state index contributed by atoms with van der Waals surface area (Å²) in [6.45, 7) is 0. The molecule has 2 N–H and O–H groups in total. The van der Waals surface area contributed by atoms with Crippen LogP contribution >= 0.6 is 24.0 Å². The number of hydrogen-bond donors (Lipinski definition) is 2. The SMILES string of the molecule is O=C1S/C(=C\c2ccc(O)c(O)c2)C(=S)N1c1cccc(F)c1. The highest BCUT2D eigenvalue weighted by Gasteiger charge is 2.33. The average Bonchev–Trinajstić information content (AvgIpc) is 2.77. The molecule has 2 aromatic rings. The fraction of sp³-hybridized carbons (Fsp3) is 0. The summed E-state index contributed by atoms with van der Waals surface area (Å²) in [5.74, 6) is -0.947. The lowest BCUT2D eigenvalue weighted by Gasteiger charge is -2.14. The van der Waals surface area contributed by atoms with E-state index in [4.69, 9.17) is 12.2 Å². The van der Waals surface area contributed by atoms with Crippen LogP contribution in [-0.2, 0) is 0 Å². The van der Waals surface area contributed by atoms with Crippen LogP contribution in [0.15, 0.2) is 47.4 Å². The average molecular weight is 347 g/mol. The van der Waals surface area contributed by atoms with Crippen molar-refractivity contribution in [3.8, 4) is 11.5 Å². The van der Waals surface area contributed by atoms with Crippen LogP contribution in [0.25, 0.3) is 6.08 Å². The molecule has 7 heteroatoms. The molecular formula is C16H10FNO3S2. The Balaban J connectivity index is 1.94. The molecule has 1 aliphatic heterocycles. The van der Waals surface area contributed by atoms with Gasteiger partial charge in [-0.15, -0.1) is 0 Å². The van der Waals surface area contributed by atoms with Gasteiger partial charge < -0.3 is 10.2 Å². The number of phenols is 2. The van der Waals surface area contributed by atoms with Crippen molar-refractivity contribution in [2.75, 3.05) is 4.90 Å². The number of aromatic hydroxyl groups is 2. The molecule has 0 unspecified atom stereocenters. The second-order valence-corrected chi connectivity index (χ2v) is 6.13. The molecule has 0 spiro atoms. The van der Waals surface area contributed by atoms with Gasteiger partial charge in [0, 0.05) is 0 Å². The first-order chi connectivity index (χ1) is 11.0. The van der Waals surface area contributed by atoms with Gasteiger partial charge in [-0.25, -0.2) is 4.39 Å². The number of carbonyl (C=O) groups excluding carboxylic acids is 1. The largest absolute Gasteiger partial charge is 0.504 e. The highest BCUT2D eigenvalue weighted by atomic mass is 32.2. The van der Waals surface area contributed by atoms with Crippen molar-refractivity contribution in [3.05, 3.63) is 58.8 Å². The van der Waals surface area contributed by atoms with Crippen molar-refractivity contribution < 1.29 is 19.4 Å². The number of nitrogens with zero attached hydrogens (tertiary/aromatic N) is 1. The highest BCUT2D eigenvalue weighted by molar-refractivity contribution is 8.20. The minimum Gasteiger partial charge on any atom is -0.504 e. The van der Waals surface area contributed by atoms with E-state index in [9.17, 15) is 19.4 Å². The Morgan fingerprint density at radius 3 is 2.61 bits per heavy atom. The van der Waals surface area contributed by atoms with Gasteiger partial charge in [-0.05, 0) is 53.7 Å². The first kappa shape index (κ1) is 15.5. The van der Waals surface area contributed by atoms with Crippen molar-refractivity contribution in [2.45, 2.75) is 0 Å². The Morgan fingerprint density at radius 1 is 1.13 bits per heavy atom.